The largest absolute Gasteiger partial charge is 0.476 e. The van der Waals surface area contributed by atoms with Gasteiger partial charge in [-0.1, -0.05) is 24.3 Å². The predicted octanol–water partition coefficient (Wildman–Crippen LogP) is 3.72. The molecule has 0 saturated heterocycles. The van der Waals surface area contributed by atoms with Gasteiger partial charge >= 0.3 is 0 Å². The molecule has 3 unspecified atom stereocenters. The van der Waals surface area contributed by atoms with Gasteiger partial charge < -0.3 is 15.2 Å². The lowest BCUT2D eigenvalue weighted by atomic mass is 10.0. The van der Waals surface area contributed by atoms with Crippen molar-refractivity contribution in [1.29, 1.82) is 5.26 Å². The van der Waals surface area contributed by atoms with E-state index in [4.69, 9.17) is 10.00 Å². The van der Waals surface area contributed by atoms with Crippen molar-refractivity contribution in [3.8, 4) is 11.8 Å². The van der Waals surface area contributed by atoms with Gasteiger partial charge in [0.25, 0.3) is 0 Å². The Morgan fingerprint density at radius 3 is 2.36 bits per heavy atom. The molecular weight excluding hydrogens is 319 g/mol. The molecule has 0 aliphatic carbocycles. The molecule has 0 radical (unpaired) electrons. The van der Waals surface area contributed by atoms with Crippen molar-refractivity contribution in [3.05, 3.63) is 65.5 Å². The van der Waals surface area contributed by atoms with Gasteiger partial charge in [-0.3, -0.25) is 0 Å². The molecule has 2 rings (SSSR count). The monoisotopic (exact) mass is 342 g/mol. The quantitative estimate of drug-likeness (QED) is 0.767. The Labute approximate surface area is 147 Å². The first kappa shape index (κ1) is 18.9. The van der Waals surface area contributed by atoms with E-state index in [9.17, 15) is 9.50 Å². The number of hydrogen-bond donors (Lipinski definition) is 2. The third kappa shape index (κ3) is 6.18. The second-order valence-electron chi connectivity index (χ2n) is 6.12. The van der Waals surface area contributed by atoms with Gasteiger partial charge in [0.15, 0.2) is 6.10 Å². The van der Waals surface area contributed by atoms with Crippen molar-refractivity contribution in [2.24, 2.45) is 0 Å². The Balaban J connectivity index is 1.80. The molecule has 0 fully saturated rings. The van der Waals surface area contributed by atoms with Crippen LogP contribution in [0.15, 0.2) is 48.5 Å². The summed E-state index contributed by atoms with van der Waals surface area (Å²) < 4.78 is 18.3. The second-order valence-corrected chi connectivity index (χ2v) is 6.12. The van der Waals surface area contributed by atoms with E-state index in [0.717, 1.165) is 5.56 Å². The zero-order valence-corrected chi connectivity index (χ0v) is 14.4. The second kappa shape index (κ2) is 9.16. The van der Waals surface area contributed by atoms with Crippen LogP contribution in [0.1, 0.15) is 37.5 Å². The molecule has 2 aromatic rings. The van der Waals surface area contributed by atoms with Gasteiger partial charge in [0, 0.05) is 12.6 Å². The molecule has 3 atom stereocenters. The van der Waals surface area contributed by atoms with Crippen molar-refractivity contribution < 1.29 is 14.2 Å². The molecule has 25 heavy (non-hydrogen) atoms. The summed E-state index contributed by atoms with van der Waals surface area (Å²) in [6.07, 6.45) is -0.574. The summed E-state index contributed by atoms with van der Waals surface area (Å²) in [5, 5.41) is 22.3. The highest BCUT2D eigenvalue weighted by Gasteiger charge is 2.12. The van der Waals surface area contributed by atoms with Crippen LogP contribution in [0.5, 0.6) is 5.75 Å². The third-order valence-corrected chi connectivity index (χ3v) is 3.90. The van der Waals surface area contributed by atoms with E-state index in [2.05, 4.69) is 5.32 Å². The summed E-state index contributed by atoms with van der Waals surface area (Å²) >= 11 is 0. The average molecular weight is 342 g/mol. The fourth-order valence-corrected chi connectivity index (χ4v) is 2.45. The van der Waals surface area contributed by atoms with E-state index >= 15 is 0 Å². The fraction of sp³-hybridized carbons (Fsp3) is 0.350. The molecule has 0 aliphatic heterocycles. The predicted molar refractivity (Wildman–Crippen MR) is 94.4 cm³/mol. The maximum absolute atomic E-state index is 12.9. The summed E-state index contributed by atoms with van der Waals surface area (Å²) in [7, 11) is 0. The summed E-state index contributed by atoms with van der Waals surface area (Å²) in [6, 6.07) is 15.6. The van der Waals surface area contributed by atoms with Crippen molar-refractivity contribution >= 4 is 0 Å². The Hall–Kier alpha value is -2.42. The average Bonchev–Trinajstić information content (AvgIpc) is 2.61. The minimum atomic E-state index is -0.633. The van der Waals surface area contributed by atoms with Crippen LogP contribution >= 0.6 is 0 Å². The number of nitrogens with one attached hydrogen (secondary N) is 1. The zero-order valence-electron chi connectivity index (χ0n) is 14.4. The van der Waals surface area contributed by atoms with Crippen LogP contribution in [0.2, 0.25) is 0 Å². The van der Waals surface area contributed by atoms with Crippen molar-refractivity contribution in [1.82, 2.24) is 5.32 Å². The van der Waals surface area contributed by atoms with Crippen LogP contribution in [0.3, 0.4) is 0 Å². The van der Waals surface area contributed by atoms with Crippen molar-refractivity contribution in [2.75, 3.05) is 0 Å². The van der Waals surface area contributed by atoms with Gasteiger partial charge in [-0.05, 0) is 55.7 Å². The third-order valence-electron chi connectivity index (χ3n) is 3.90. The number of halogens is 1. The lowest BCUT2D eigenvalue weighted by Crippen LogP contribution is -2.27. The first-order chi connectivity index (χ1) is 12.0. The lowest BCUT2D eigenvalue weighted by molar-refractivity contribution is 0.153. The molecular formula is C20H23FN2O2. The zero-order chi connectivity index (χ0) is 18.2. The molecule has 2 aromatic carbocycles. The molecule has 0 saturated carbocycles. The number of ether oxygens (including phenoxy) is 1. The molecule has 2 N–H and O–H groups in total. The van der Waals surface area contributed by atoms with E-state index in [1.807, 2.05) is 37.3 Å². The highest BCUT2D eigenvalue weighted by atomic mass is 19.1. The van der Waals surface area contributed by atoms with Crippen LogP contribution < -0.4 is 10.1 Å². The number of benzene rings is 2. The van der Waals surface area contributed by atoms with Crippen molar-refractivity contribution in [2.45, 2.75) is 45.1 Å². The molecule has 0 heterocycles. The van der Waals surface area contributed by atoms with Gasteiger partial charge in [0.1, 0.15) is 17.6 Å². The maximum Gasteiger partial charge on any atom is 0.181 e. The summed E-state index contributed by atoms with van der Waals surface area (Å²) in [5.74, 6) is 0.358. The summed E-state index contributed by atoms with van der Waals surface area (Å²) in [6.45, 7) is 4.35. The van der Waals surface area contributed by atoms with Gasteiger partial charge in [-0.15, -0.1) is 0 Å². The molecule has 0 spiro atoms. The SMILES string of the molecule is CC(CC(O)c1ccc(F)cc1)NCc1ccc(OC(C)C#N)cc1. The molecule has 132 valence electrons. The minimum Gasteiger partial charge on any atom is -0.476 e. The number of rotatable bonds is 8. The van der Waals surface area contributed by atoms with Crippen LogP contribution in [0.4, 0.5) is 4.39 Å². The molecule has 0 amide bonds. The molecule has 5 heteroatoms. The Bertz CT molecular complexity index is 695. The fourth-order valence-electron chi connectivity index (χ4n) is 2.45. The lowest BCUT2D eigenvalue weighted by Gasteiger charge is -2.18. The van der Waals surface area contributed by atoms with Crippen LogP contribution in [-0.4, -0.2) is 17.3 Å². The van der Waals surface area contributed by atoms with E-state index in [1.165, 1.54) is 12.1 Å². The Kier molecular flexibility index (Phi) is 6.93. The standard InChI is InChI=1S/C20H23FN2O2/c1-14(11-20(24)17-5-7-18(21)8-6-17)23-13-16-3-9-19(10-4-16)25-15(2)12-22/h3-10,14-15,20,23-24H,11,13H2,1-2H3. The van der Waals surface area contributed by atoms with Crippen LogP contribution in [0.25, 0.3) is 0 Å². The van der Waals surface area contributed by atoms with E-state index in [1.54, 1.807) is 19.1 Å². The smallest absolute Gasteiger partial charge is 0.181 e. The summed E-state index contributed by atoms with van der Waals surface area (Å²) in [4.78, 5) is 0. The van der Waals surface area contributed by atoms with Crippen LogP contribution in [-0.2, 0) is 6.54 Å². The van der Waals surface area contributed by atoms with Crippen LogP contribution in [0, 0.1) is 17.1 Å². The normalized spacial score (nSPS) is 14.4. The molecule has 0 bridgehead atoms. The number of aliphatic hydroxyl groups is 1. The number of hydrogen-bond acceptors (Lipinski definition) is 4. The maximum atomic E-state index is 12.9. The highest BCUT2D eigenvalue weighted by Crippen LogP contribution is 2.19. The van der Waals surface area contributed by atoms with Gasteiger partial charge in [-0.2, -0.15) is 5.26 Å². The Morgan fingerprint density at radius 1 is 1.12 bits per heavy atom. The van der Waals surface area contributed by atoms with Gasteiger partial charge in [0.05, 0.1) is 6.10 Å². The first-order valence-corrected chi connectivity index (χ1v) is 8.30. The van der Waals surface area contributed by atoms with Crippen molar-refractivity contribution in [3.63, 3.8) is 0 Å². The number of nitriles is 1. The number of aliphatic hydroxyl groups excluding tert-OH is 1. The van der Waals surface area contributed by atoms with E-state index in [0.29, 0.717) is 24.3 Å². The first-order valence-electron chi connectivity index (χ1n) is 8.30. The van der Waals surface area contributed by atoms with Gasteiger partial charge in [-0.25, -0.2) is 4.39 Å². The molecule has 0 aliphatic rings. The van der Waals surface area contributed by atoms with E-state index < -0.39 is 12.2 Å². The minimum absolute atomic E-state index is 0.0922. The summed E-state index contributed by atoms with van der Waals surface area (Å²) in [5.41, 5.74) is 1.79. The number of nitrogens with zero attached hydrogens (tertiary/aromatic N) is 1. The Morgan fingerprint density at radius 2 is 1.76 bits per heavy atom. The van der Waals surface area contributed by atoms with Gasteiger partial charge in [0.2, 0.25) is 0 Å². The van der Waals surface area contributed by atoms with E-state index in [-0.39, 0.29) is 11.9 Å². The highest BCUT2D eigenvalue weighted by molar-refractivity contribution is 5.27. The topological polar surface area (TPSA) is 65.3 Å². The molecule has 0 aromatic heterocycles. The molecule has 4 nitrogen and oxygen atoms in total.